The SMILES string of the molecule is NNC(CCC(F)(F)F)c1cc(Br)ccc1I. The average molecular weight is 423 g/mol. The van der Waals surface area contributed by atoms with Gasteiger partial charge in [-0.1, -0.05) is 15.9 Å². The molecule has 1 rings (SSSR count). The minimum absolute atomic E-state index is 0.0769. The average Bonchev–Trinajstić information content (AvgIpc) is 2.22. The summed E-state index contributed by atoms with van der Waals surface area (Å²) in [5, 5.41) is 0. The van der Waals surface area contributed by atoms with E-state index in [0.29, 0.717) is 0 Å². The van der Waals surface area contributed by atoms with Crippen molar-refractivity contribution in [2.75, 3.05) is 0 Å². The first-order valence-electron chi connectivity index (χ1n) is 4.81. The van der Waals surface area contributed by atoms with Crippen LogP contribution in [0.3, 0.4) is 0 Å². The van der Waals surface area contributed by atoms with Gasteiger partial charge in [0.2, 0.25) is 0 Å². The van der Waals surface area contributed by atoms with Crippen molar-refractivity contribution < 1.29 is 13.2 Å². The third kappa shape index (κ3) is 5.11. The van der Waals surface area contributed by atoms with Crippen molar-refractivity contribution in [3.63, 3.8) is 0 Å². The number of rotatable bonds is 4. The van der Waals surface area contributed by atoms with Gasteiger partial charge in [0.05, 0.1) is 0 Å². The lowest BCUT2D eigenvalue weighted by Crippen LogP contribution is -2.29. The van der Waals surface area contributed by atoms with Crippen LogP contribution in [0.15, 0.2) is 22.7 Å². The molecule has 1 unspecified atom stereocenters. The van der Waals surface area contributed by atoms with Gasteiger partial charge < -0.3 is 0 Å². The largest absolute Gasteiger partial charge is 0.389 e. The van der Waals surface area contributed by atoms with E-state index in [4.69, 9.17) is 5.84 Å². The summed E-state index contributed by atoms with van der Waals surface area (Å²) < 4.78 is 38.2. The van der Waals surface area contributed by atoms with Crippen LogP contribution in [-0.4, -0.2) is 6.18 Å². The second-order valence-corrected chi connectivity index (χ2v) is 5.62. The molecule has 0 aliphatic carbocycles. The summed E-state index contributed by atoms with van der Waals surface area (Å²) in [7, 11) is 0. The molecule has 0 spiro atoms. The summed E-state index contributed by atoms with van der Waals surface area (Å²) in [6.45, 7) is 0. The van der Waals surface area contributed by atoms with Gasteiger partial charge in [-0.05, 0) is 52.8 Å². The van der Waals surface area contributed by atoms with E-state index in [9.17, 15) is 13.2 Å². The van der Waals surface area contributed by atoms with Crippen molar-refractivity contribution in [1.82, 2.24) is 5.43 Å². The van der Waals surface area contributed by atoms with Crippen molar-refractivity contribution >= 4 is 38.5 Å². The maximum atomic E-state index is 12.2. The highest BCUT2D eigenvalue weighted by Gasteiger charge is 2.28. The summed E-state index contributed by atoms with van der Waals surface area (Å²) >= 11 is 5.37. The summed E-state index contributed by atoms with van der Waals surface area (Å²) in [6.07, 6.45) is -5.09. The molecule has 0 radical (unpaired) electrons. The fraction of sp³-hybridized carbons (Fsp3) is 0.400. The van der Waals surface area contributed by atoms with E-state index in [1.54, 1.807) is 6.07 Å². The van der Waals surface area contributed by atoms with Gasteiger partial charge in [0, 0.05) is 20.5 Å². The lowest BCUT2D eigenvalue weighted by molar-refractivity contribution is -0.136. The molecule has 0 amide bonds. The van der Waals surface area contributed by atoms with Crippen LogP contribution in [0.4, 0.5) is 13.2 Å². The van der Waals surface area contributed by atoms with E-state index in [2.05, 4.69) is 43.9 Å². The number of nitrogens with two attached hydrogens (primary N) is 1. The molecule has 0 aromatic heterocycles. The number of nitrogens with one attached hydrogen (secondary N) is 1. The van der Waals surface area contributed by atoms with Gasteiger partial charge >= 0.3 is 6.18 Å². The smallest absolute Gasteiger partial charge is 0.271 e. The normalized spacial score (nSPS) is 13.8. The minimum Gasteiger partial charge on any atom is -0.271 e. The standard InChI is InChI=1S/C10H11BrF3IN2/c11-6-1-2-8(15)7(5-6)9(17-16)3-4-10(12,13)14/h1-2,5,9,17H,3-4,16H2. The molecule has 0 heterocycles. The van der Waals surface area contributed by atoms with Gasteiger partial charge in [-0.3, -0.25) is 11.3 Å². The lowest BCUT2D eigenvalue weighted by atomic mass is 10.0. The first kappa shape index (κ1) is 15.2. The van der Waals surface area contributed by atoms with Gasteiger partial charge in [-0.25, -0.2) is 0 Å². The quantitative estimate of drug-likeness (QED) is 0.438. The zero-order valence-corrected chi connectivity index (χ0v) is 12.4. The van der Waals surface area contributed by atoms with Gasteiger partial charge in [0.25, 0.3) is 0 Å². The van der Waals surface area contributed by atoms with E-state index in [0.717, 1.165) is 13.6 Å². The molecule has 2 nitrogen and oxygen atoms in total. The van der Waals surface area contributed by atoms with Crippen LogP contribution in [0, 0.1) is 3.57 Å². The lowest BCUT2D eigenvalue weighted by Gasteiger charge is -2.19. The Morgan fingerprint density at radius 1 is 1.41 bits per heavy atom. The molecule has 1 aromatic carbocycles. The fourth-order valence-corrected chi connectivity index (χ4v) is 2.51. The van der Waals surface area contributed by atoms with E-state index >= 15 is 0 Å². The second-order valence-electron chi connectivity index (χ2n) is 3.54. The molecule has 0 saturated carbocycles. The van der Waals surface area contributed by atoms with Crippen molar-refractivity contribution in [3.05, 3.63) is 31.8 Å². The minimum atomic E-state index is -4.16. The monoisotopic (exact) mass is 422 g/mol. The van der Waals surface area contributed by atoms with Gasteiger partial charge in [-0.2, -0.15) is 13.2 Å². The van der Waals surface area contributed by atoms with E-state index in [1.165, 1.54) is 0 Å². The van der Waals surface area contributed by atoms with Crippen molar-refractivity contribution in [1.29, 1.82) is 0 Å². The Labute approximate surface area is 119 Å². The topological polar surface area (TPSA) is 38.0 Å². The summed E-state index contributed by atoms with van der Waals surface area (Å²) in [4.78, 5) is 0. The summed E-state index contributed by atoms with van der Waals surface area (Å²) in [5.74, 6) is 5.32. The molecule has 3 N–H and O–H groups in total. The summed E-state index contributed by atoms with van der Waals surface area (Å²) in [6, 6.07) is 4.95. The molecule has 1 aromatic rings. The van der Waals surface area contributed by atoms with Crippen LogP contribution in [0.5, 0.6) is 0 Å². The first-order chi connectivity index (χ1) is 7.83. The van der Waals surface area contributed by atoms with Crippen LogP contribution in [-0.2, 0) is 0 Å². The molecular weight excluding hydrogens is 412 g/mol. The van der Waals surface area contributed by atoms with E-state index in [1.807, 2.05) is 12.1 Å². The molecule has 0 aliphatic rings. The Morgan fingerprint density at radius 2 is 2.06 bits per heavy atom. The van der Waals surface area contributed by atoms with Crippen LogP contribution in [0.2, 0.25) is 0 Å². The number of hydrogen-bond acceptors (Lipinski definition) is 2. The first-order valence-corrected chi connectivity index (χ1v) is 6.68. The van der Waals surface area contributed by atoms with Gasteiger partial charge in [0.1, 0.15) is 0 Å². The number of alkyl halides is 3. The second kappa shape index (κ2) is 6.35. The predicted molar refractivity (Wildman–Crippen MR) is 72.2 cm³/mol. The van der Waals surface area contributed by atoms with Gasteiger partial charge in [0.15, 0.2) is 0 Å². The molecule has 0 bridgehead atoms. The molecule has 0 saturated heterocycles. The molecule has 17 heavy (non-hydrogen) atoms. The number of benzene rings is 1. The van der Waals surface area contributed by atoms with E-state index in [-0.39, 0.29) is 6.42 Å². The highest BCUT2D eigenvalue weighted by molar-refractivity contribution is 14.1. The Morgan fingerprint density at radius 3 is 2.59 bits per heavy atom. The highest BCUT2D eigenvalue weighted by atomic mass is 127. The Balaban J connectivity index is 2.82. The van der Waals surface area contributed by atoms with Crippen LogP contribution in [0.25, 0.3) is 0 Å². The molecule has 1 atom stereocenters. The van der Waals surface area contributed by atoms with Gasteiger partial charge in [-0.15, -0.1) is 0 Å². The van der Waals surface area contributed by atoms with Crippen molar-refractivity contribution in [2.45, 2.75) is 25.1 Å². The third-order valence-electron chi connectivity index (χ3n) is 2.25. The zero-order valence-electron chi connectivity index (χ0n) is 8.69. The van der Waals surface area contributed by atoms with E-state index < -0.39 is 18.6 Å². The maximum absolute atomic E-state index is 12.2. The molecule has 7 heteroatoms. The van der Waals surface area contributed by atoms with Crippen LogP contribution < -0.4 is 11.3 Å². The molecule has 96 valence electrons. The number of hydrazine groups is 1. The van der Waals surface area contributed by atoms with Crippen molar-refractivity contribution in [2.24, 2.45) is 5.84 Å². The fourth-order valence-electron chi connectivity index (χ4n) is 1.42. The Hall–Kier alpha value is 0.140. The van der Waals surface area contributed by atoms with Crippen LogP contribution in [0.1, 0.15) is 24.4 Å². The summed E-state index contributed by atoms with van der Waals surface area (Å²) in [5.41, 5.74) is 3.20. The predicted octanol–water partition coefficient (Wildman–Crippen LogP) is 3.90. The Kier molecular flexibility index (Phi) is 5.68. The zero-order chi connectivity index (χ0) is 13.1. The maximum Gasteiger partial charge on any atom is 0.389 e. The van der Waals surface area contributed by atoms with Crippen molar-refractivity contribution in [3.8, 4) is 0 Å². The number of halogens is 5. The molecule has 0 aliphatic heterocycles. The third-order valence-corrected chi connectivity index (χ3v) is 3.73. The number of hydrogen-bond donors (Lipinski definition) is 2. The Bertz CT molecular complexity index is 384. The molecular formula is C10H11BrF3IN2. The highest BCUT2D eigenvalue weighted by Crippen LogP contribution is 2.30. The van der Waals surface area contributed by atoms with Crippen LogP contribution >= 0.6 is 38.5 Å². The molecule has 0 fully saturated rings.